The van der Waals surface area contributed by atoms with Crippen LogP contribution in [0, 0.1) is 0 Å². The fraction of sp³-hybridized carbons (Fsp3) is 0.188. The van der Waals surface area contributed by atoms with E-state index in [9.17, 15) is 0 Å². The summed E-state index contributed by atoms with van der Waals surface area (Å²) < 4.78 is 5.21. The normalized spacial score (nSPS) is 13.1. The third kappa shape index (κ3) is 3.33. The summed E-state index contributed by atoms with van der Waals surface area (Å²) in [7, 11) is 1.63. The van der Waals surface area contributed by atoms with Crippen molar-refractivity contribution in [2.75, 3.05) is 7.11 Å². The number of hydrogen-bond acceptors (Lipinski definition) is 2. The van der Waals surface area contributed by atoms with Crippen LogP contribution in [0.2, 0.25) is 10.0 Å². The Morgan fingerprint density at radius 3 is 2.70 bits per heavy atom. The van der Waals surface area contributed by atoms with Crippen molar-refractivity contribution in [3.05, 3.63) is 70.2 Å². The van der Waals surface area contributed by atoms with Crippen LogP contribution in [0.4, 0.5) is 0 Å². The molecular formula is C16H15Cl2NO. The minimum Gasteiger partial charge on any atom is -0.504 e. The zero-order valence-electron chi connectivity index (χ0n) is 11.3. The number of hydrogen-bond donors (Lipinski definition) is 0. The first-order valence-corrected chi connectivity index (χ1v) is 6.97. The maximum Gasteiger partial charge on any atom is 0.0869 e. The molecule has 0 aliphatic heterocycles. The summed E-state index contributed by atoms with van der Waals surface area (Å²) in [6, 6.07) is 9.43. The minimum atomic E-state index is 0.0731. The highest BCUT2D eigenvalue weighted by Gasteiger charge is 2.17. The molecule has 1 unspecified atom stereocenters. The quantitative estimate of drug-likeness (QED) is 0.726. The van der Waals surface area contributed by atoms with Crippen molar-refractivity contribution in [1.82, 2.24) is 4.98 Å². The molecule has 0 saturated heterocycles. The molecule has 4 heteroatoms. The van der Waals surface area contributed by atoms with E-state index < -0.39 is 0 Å². The molecule has 0 bridgehead atoms. The Morgan fingerprint density at radius 2 is 2.10 bits per heavy atom. The second-order valence-corrected chi connectivity index (χ2v) is 5.28. The lowest BCUT2D eigenvalue weighted by Crippen LogP contribution is -2.00. The van der Waals surface area contributed by atoms with E-state index in [1.807, 2.05) is 30.5 Å². The lowest BCUT2D eigenvalue weighted by molar-refractivity contribution is 0.338. The molecule has 1 atom stereocenters. The van der Waals surface area contributed by atoms with Crippen LogP contribution in [-0.4, -0.2) is 12.1 Å². The van der Waals surface area contributed by atoms with Crippen LogP contribution >= 0.6 is 23.2 Å². The van der Waals surface area contributed by atoms with Gasteiger partial charge in [-0.1, -0.05) is 42.3 Å². The number of pyridine rings is 1. The minimum absolute atomic E-state index is 0.0731. The molecule has 2 rings (SSSR count). The predicted molar refractivity (Wildman–Crippen MR) is 84.1 cm³/mol. The van der Waals surface area contributed by atoms with Gasteiger partial charge >= 0.3 is 0 Å². The standard InChI is InChI=1S/C16H15Cl2NO/c1-11(14-6-5-13(17)8-16(14)18)15(10-20-2)12-4-3-7-19-9-12/h3-11H,1-2H3. The van der Waals surface area contributed by atoms with E-state index in [1.165, 1.54) is 0 Å². The van der Waals surface area contributed by atoms with Crippen LogP contribution in [-0.2, 0) is 4.74 Å². The van der Waals surface area contributed by atoms with Crippen LogP contribution in [0.5, 0.6) is 0 Å². The van der Waals surface area contributed by atoms with E-state index in [0.29, 0.717) is 10.0 Å². The number of rotatable bonds is 4. The molecule has 2 aromatic rings. The summed E-state index contributed by atoms with van der Waals surface area (Å²) in [5, 5.41) is 1.28. The third-order valence-electron chi connectivity index (χ3n) is 3.14. The van der Waals surface area contributed by atoms with Crippen LogP contribution in [0.3, 0.4) is 0 Å². The highest BCUT2D eigenvalue weighted by Crippen LogP contribution is 2.36. The van der Waals surface area contributed by atoms with Crippen molar-refractivity contribution >= 4 is 28.8 Å². The molecule has 0 aliphatic rings. The summed E-state index contributed by atoms with van der Waals surface area (Å²) in [4.78, 5) is 4.15. The van der Waals surface area contributed by atoms with Gasteiger partial charge in [0.25, 0.3) is 0 Å². The Labute approximate surface area is 129 Å². The third-order valence-corrected chi connectivity index (χ3v) is 3.70. The average molecular weight is 308 g/mol. The Balaban J connectivity index is 2.42. The van der Waals surface area contributed by atoms with E-state index in [2.05, 4.69) is 11.9 Å². The topological polar surface area (TPSA) is 22.1 Å². The van der Waals surface area contributed by atoms with E-state index in [0.717, 1.165) is 16.7 Å². The van der Waals surface area contributed by atoms with Gasteiger partial charge in [0.05, 0.1) is 13.4 Å². The van der Waals surface area contributed by atoms with Crippen molar-refractivity contribution in [1.29, 1.82) is 0 Å². The molecule has 0 N–H and O–H groups in total. The maximum atomic E-state index is 6.29. The monoisotopic (exact) mass is 307 g/mol. The summed E-state index contributed by atoms with van der Waals surface area (Å²) in [6.07, 6.45) is 5.28. The van der Waals surface area contributed by atoms with Gasteiger partial charge in [-0.15, -0.1) is 0 Å². The highest BCUT2D eigenvalue weighted by atomic mass is 35.5. The largest absolute Gasteiger partial charge is 0.504 e. The summed E-state index contributed by atoms with van der Waals surface area (Å²) in [5.41, 5.74) is 3.03. The Morgan fingerprint density at radius 1 is 1.30 bits per heavy atom. The van der Waals surface area contributed by atoms with E-state index in [-0.39, 0.29) is 5.92 Å². The van der Waals surface area contributed by atoms with Gasteiger partial charge in [0.2, 0.25) is 0 Å². The molecule has 2 nitrogen and oxygen atoms in total. The van der Waals surface area contributed by atoms with Crippen LogP contribution in [0.25, 0.3) is 5.57 Å². The lowest BCUT2D eigenvalue weighted by atomic mass is 9.89. The molecule has 0 radical (unpaired) electrons. The molecular weight excluding hydrogens is 293 g/mol. The fourth-order valence-electron chi connectivity index (χ4n) is 2.10. The Bertz CT molecular complexity index is 611. The number of ether oxygens (including phenoxy) is 1. The zero-order valence-corrected chi connectivity index (χ0v) is 12.8. The molecule has 0 amide bonds. The molecule has 0 aliphatic carbocycles. The van der Waals surface area contributed by atoms with Gasteiger partial charge in [0.15, 0.2) is 0 Å². The number of benzene rings is 1. The first-order chi connectivity index (χ1) is 9.63. The SMILES string of the molecule is COC=C(c1cccnc1)C(C)c1ccc(Cl)cc1Cl. The lowest BCUT2D eigenvalue weighted by Gasteiger charge is -2.18. The molecule has 1 aromatic carbocycles. The number of nitrogens with zero attached hydrogens (tertiary/aromatic N) is 1. The van der Waals surface area contributed by atoms with Gasteiger partial charge in [0, 0.05) is 33.9 Å². The summed E-state index contributed by atoms with van der Waals surface area (Å²) in [5.74, 6) is 0.0731. The second kappa shape index (κ2) is 6.78. The van der Waals surface area contributed by atoms with E-state index >= 15 is 0 Å². The fourth-order valence-corrected chi connectivity index (χ4v) is 2.67. The van der Waals surface area contributed by atoms with Gasteiger partial charge < -0.3 is 4.74 Å². The maximum absolute atomic E-state index is 6.29. The van der Waals surface area contributed by atoms with Crippen molar-refractivity contribution in [2.24, 2.45) is 0 Å². The van der Waals surface area contributed by atoms with Crippen LogP contribution in [0.1, 0.15) is 24.0 Å². The molecule has 0 spiro atoms. The van der Waals surface area contributed by atoms with Gasteiger partial charge in [-0.05, 0) is 29.3 Å². The molecule has 20 heavy (non-hydrogen) atoms. The number of allylic oxidation sites excluding steroid dienone is 1. The molecule has 1 heterocycles. The van der Waals surface area contributed by atoms with Gasteiger partial charge in [0.1, 0.15) is 0 Å². The summed E-state index contributed by atoms with van der Waals surface area (Å²) >= 11 is 12.2. The Hall–Kier alpha value is -1.51. The van der Waals surface area contributed by atoms with Crippen molar-refractivity contribution in [3.63, 3.8) is 0 Å². The molecule has 0 saturated carbocycles. The summed E-state index contributed by atoms with van der Waals surface area (Å²) in [6.45, 7) is 2.08. The van der Waals surface area contributed by atoms with Crippen molar-refractivity contribution in [2.45, 2.75) is 12.8 Å². The number of halogens is 2. The first-order valence-electron chi connectivity index (χ1n) is 6.21. The van der Waals surface area contributed by atoms with Crippen LogP contribution in [0.15, 0.2) is 49.0 Å². The average Bonchev–Trinajstić information content (AvgIpc) is 2.45. The van der Waals surface area contributed by atoms with E-state index in [1.54, 1.807) is 25.6 Å². The number of methoxy groups -OCH3 is 1. The smallest absolute Gasteiger partial charge is 0.0869 e. The van der Waals surface area contributed by atoms with E-state index in [4.69, 9.17) is 27.9 Å². The molecule has 0 fully saturated rings. The van der Waals surface area contributed by atoms with Gasteiger partial charge in [-0.25, -0.2) is 0 Å². The predicted octanol–water partition coefficient (Wildman–Crippen LogP) is 5.18. The van der Waals surface area contributed by atoms with Crippen molar-refractivity contribution < 1.29 is 4.74 Å². The second-order valence-electron chi connectivity index (χ2n) is 4.44. The Kier molecular flexibility index (Phi) is 5.05. The zero-order chi connectivity index (χ0) is 14.5. The molecule has 104 valence electrons. The number of aromatic nitrogens is 1. The van der Waals surface area contributed by atoms with Gasteiger partial charge in [-0.3, -0.25) is 4.98 Å². The van der Waals surface area contributed by atoms with Crippen LogP contribution < -0.4 is 0 Å². The van der Waals surface area contributed by atoms with Crippen molar-refractivity contribution in [3.8, 4) is 0 Å². The van der Waals surface area contributed by atoms with Gasteiger partial charge in [-0.2, -0.15) is 0 Å². The first kappa shape index (κ1) is 14.9. The molecule has 1 aromatic heterocycles. The highest BCUT2D eigenvalue weighted by molar-refractivity contribution is 6.35.